The van der Waals surface area contributed by atoms with Gasteiger partial charge < -0.3 is 34.9 Å². The smallest absolute Gasteiger partial charge is 0.397 e. The van der Waals surface area contributed by atoms with E-state index in [2.05, 4.69) is 24.9 Å². The first-order valence-corrected chi connectivity index (χ1v) is 16.2. The fourth-order valence-corrected chi connectivity index (χ4v) is 7.77. The van der Waals surface area contributed by atoms with Gasteiger partial charge in [0.25, 0.3) is 5.56 Å². The lowest BCUT2D eigenvalue weighted by Gasteiger charge is -2.26. The van der Waals surface area contributed by atoms with Gasteiger partial charge in [0.1, 0.15) is 36.1 Å². The summed E-state index contributed by atoms with van der Waals surface area (Å²) in [7, 11) is -10.1. The summed E-state index contributed by atoms with van der Waals surface area (Å²) >= 11 is 0. The minimum absolute atomic E-state index is 0.0533. The second-order valence-electron chi connectivity index (χ2n) is 10.5. The van der Waals surface area contributed by atoms with E-state index >= 15 is 4.39 Å². The van der Waals surface area contributed by atoms with Crippen molar-refractivity contribution in [3.05, 3.63) is 41.6 Å². The number of hydrogen-bond acceptors (Lipinski definition) is 14. The summed E-state index contributed by atoms with van der Waals surface area (Å²) in [5, 5.41) is 11.1. The molecule has 0 radical (unpaired) electrons. The minimum Gasteiger partial charge on any atom is -0.397 e. The molecule has 6 heterocycles. The van der Waals surface area contributed by atoms with E-state index in [-0.39, 0.29) is 23.2 Å². The van der Waals surface area contributed by atoms with Crippen molar-refractivity contribution in [2.24, 2.45) is 5.92 Å². The van der Waals surface area contributed by atoms with Gasteiger partial charge >= 0.3 is 15.6 Å². The second kappa shape index (κ2) is 10.7. The number of ether oxygens (including phenoxy) is 1. The molecule has 3 fully saturated rings. The Kier molecular flexibility index (Phi) is 7.21. The zero-order valence-corrected chi connectivity index (χ0v) is 24.1. The number of anilines is 1. The van der Waals surface area contributed by atoms with Crippen LogP contribution in [0.3, 0.4) is 0 Å². The second-order valence-corrected chi connectivity index (χ2v) is 13.3. The summed E-state index contributed by atoms with van der Waals surface area (Å²) in [6, 6.07) is 0.460. The Balaban J connectivity index is 1.20. The Morgan fingerprint density at radius 1 is 0.977 bits per heavy atom. The number of aliphatic hydroxyl groups excluding tert-OH is 1. The third-order valence-electron chi connectivity index (χ3n) is 7.85. The lowest BCUT2D eigenvalue weighted by Crippen LogP contribution is -2.36. The maximum absolute atomic E-state index is 15.8. The number of nitrogen functional groups attached to an aromatic ring is 1. The van der Waals surface area contributed by atoms with Crippen LogP contribution in [-0.4, -0.2) is 92.7 Å². The molecule has 0 amide bonds. The van der Waals surface area contributed by atoms with Crippen LogP contribution < -0.4 is 11.3 Å². The number of aromatic amines is 1. The molecule has 10 atom stereocenters. The summed E-state index contributed by atoms with van der Waals surface area (Å²) in [5.41, 5.74) is 6.17. The molecular weight excluding hydrogens is 633 g/mol. The van der Waals surface area contributed by atoms with Gasteiger partial charge in [-0.1, -0.05) is 0 Å². The first-order chi connectivity index (χ1) is 20.9. The van der Waals surface area contributed by atoms with Crippen molar-refractivity contribution in [1.29, 1.82) is 0 Å². The molecule has 2 bridgehead atoms. The highest BCUT2D eigenvalue weighted by Crippen LogP contribution is 2.55. The number of aliphatic hydroxyl groups is 1. The molecular formula is C22H25FN8O11P2. The average Bonchev–Trinajstić information content (AvgIpc) is 3.73. The Labute approximate surface area is 245 Å². The fourth-order valence-electron chi connectivity index (χ4n) is 5.80. The SMILES string of the molecule is Nc1ccnc2c1ncn2[C@@H]1O[C@@H]2COP(=O)(O)O[C@H]3C(F)[C@@H](COP(=O)(O)OC2[C@@H]1O)C[C@H]3n1cnc2c(=O)[nH]cnc21. The molecule has 3 aliphatic rings. The number of nitrogens with two attached hydrogens (primary N) is 1. The molecule has 2 aliphatic heterocycles. The number of alkyl halides is 1. The predicted octanol–water partition coefficient (Wildman–Crippen LogP) is 0.322. The Morgan fingerprint density at radius 2 is 1.66 bits per heavy atom. The normalized spacial score (nSPS) is 38.3. The highest BCUT2D eigenvalue weighted by atomic mass is 31.2. The molecule has 22 heteroatoms. The summed E-state index contributed by atoms with van der Waals surface area (Å²) in [6.45, 7) is -1.49. The van der Waals surface area contributed by atoms with Crippen molar-refractivity contribution in [2.45, 2.75) is 49.3 Å². The number of nitrogens with zero attached hydrogens (tertiary/aromatic N) is 6. The van der Waals surface area contributed by atoms with Crippen molar-refractivity contribution >= 4 is 43.7 Å². The fraction of sp³-hybridized carbons (Fsp3) is 0.500. The lowest BCUT2D eigenvalue weighted by molar-refractivity contribution is -0.0536. The molecule has 0 aromatic carbocycles. The largest absolute Gasteiger partial charge is 0.472 e. The molecule has 1 aliphatic carbocycles. The quantitative estimate of drug-likeness (QED) is 0.182. The summed E-state index contributed by atoms with van der Waals surface area (Å²) in [5.74, 6) is -1.16. The van der Waals surface area contributed by atoms with Crippen molar-refractivity contribution in [1.82, 2.24) is 34.1 Å². The van der Waals surface area contributed by atoms with Gasteiger partial charge in [-0.2, -0.15) is 0 Å². The molecule has 1 saturated carbocycles. The monoisotopic (exact) mass is 658 g/mol. The van der Waals surface area contributed by atoms with Crippen molar-refractivity contribution in [3.8, 4) is 0 Å². The van der Waals surface area contributed by atoms with Gasteiger partial charge in [-0.25, -0.2) is 33.5 Å². The lowest BCUT2D eigenvalue weighted by atomic mass is 10.1. The third-order valence-corrected chi connectivity index (χ3v) is 9.82. The van der Waals surface area contributed by atoms with Gasteiger partial charge in [-0.3, -0.25) is 27.5 Å². The van der Waals surface area contributed by atoms with E-state index in [1.54, 1.807) is 0 Å². The van der Waals surface area contributed by atoms with E-state index in [0.717, 1.165) is 6.33 Å². The van der Waals surface area contributed by atoms with E-state index < -0.39 is 83.2 Å². The first-order valence-electron chi connectivity index (χ1n) is 13.2. The predicted molar refractivity (Wildman–Crippen MR) is 143 cm³/mol. The Bertz CT molecular complexity index is 1890. The van der Waals surface area contributed by atoms with E-state index in [1.807, 2.05) is 0 Å². The minimum atomic E-state index is -5.07. The van der Waals surface area contributed by atoms with E-state index in [4.69, 9.17) is 28.6 Å². The average molecular weight is 658 g/mol. The van der Waals surface area contributed by atoms with Crippen molar-refractivity contribution < 1.29 is 51.2 Å². The molecule has 4 unspecified atom stereocenters. The number of halogens is 1. The highest BCUT2D eigenvalue weighted by molar-refractivity contribution is 7.47. The van der Waals surface area contributed by atoms with Gasteiger partial charge in [-0.15, -0.1) is 0 Å². The number of fused-ring (bicyclic) bond motifs is 5. The number of aromatic nitrogens is 7. The number of nitrogens with one attached hydrogen (secondary N) is 1. The van der Waals surface area contributed by atoms with Crippen LogP contribution in [0.15, 0.2) is 36.0 Å². The van der Waals surface area contributed by atoms with Crippen LogP contribution in [-0.2, 0) is 32.0 Å². The molecule has 19 nitrogen and oxygen atoms in total. The topological polar surface area (TPSA) is 261 Å². The number of H-pyrrole nitrogens is 1. The van der Waals surface area contributed by atoms with Gasteiger partial charge in [-0.05, 0) is 12.5 Å². The van der Waals surface area contributed by atoms with Crippen molar-refractivity contribution in [2.75, 3.05) is 18.9 Å². The van der Waals surface area contributed by atoms with Crippen LogP contribution in [0.25, 0.3) is 22.3 Å². The van der Waals surface area contributed by atoms with E-state index in [0.29, 0.717) is 11.2 Å². The molecule has 236 valence electrons. The van der Waals surface area contributed by atoms with Crippen LogP contribution in [0.1, 0.15) is 18.7 Å². The number of imidazole rings is 2. The summed E-state index contributed by atoms with van der Waals surface area (Å²) in [4.78, 5) is 52.2. The van der Waals surface area contributed by atoms with E-state index in [1.165, 1.54) is 34.1 Å². The van der Waals surface area contributed by atoms with Crippen LogP contribution in [0.4, 0.5) is 10.1 Å². The number of phosphoric acid groups is 2. The third kappa shape index (κ3) is 5.06. The van der Waals surface area contributed by atoms with Crippen molar-refractivity contribution in [3.63, 3.8) is 0 Å². The van der Waals surface area contributed by atoms with Crippen LogP contribution >= 0.6 is 15.6 Å². The van der Waals surface area contributed by atoms with Gasteiger partial charge in [0.05, 0.1) is 43.9 Å². The molecule has 44 heavy (non-hydrogen) atoms. The van der Waals surface area contributed by atoms with Crippen LogP contribution in [0.2, 0.25) is 0 Å². The maximum Gasteiger partial charge on any atom is 0.472 e. The molecule has 4 aromatic rings. The zero-order valence-electron chi connectivity index (χ0n) is 22.3. The zero-order chi connectivity index (χ0) is 31.0. The highest BCUT2D eigenvalue weighted by Gasteiger charge is 2.53. The van der Waals surface area contributed by atoms with Gasteiger partial charge in [0, 0.05) is 12.1 Å². The maximum atomic E-state index is 15.8. The summed E-state index contributed by atoms with van der Waals surface area (Å²) < 4.78 is 71.4. The number of pyridine rings is 1. The van der Waals surface area contributed by atoms with Crippen LogP contribution in [0, 0.1) is 5.92 Å². The number of phosphoric ester groups is 2. The Hall–Kier alpha value is -3.16. The molecule has 4 aromatic heterocycles. The summed E-state index contributed by atoms with van der Waals surface area (Å²) in [6.07, 6.45) is -4.88. The molecule has 7 rings (SSSR count). The van der Waals surface area contributed by atoms with E-state index in [9.17, 15) is 28.8 Å². The standard InChI is InChI=1S/C22H25FN8O11P2/c23-13-9-3-11(30-7-29-15-20(30)26-6-27-21(15)33)17(13)41-44(36,37)39-5-12-18(42-43(34,35)38-4-9)16(32)22(40-12)31-8-28-14-10(24)1-2-25-19(14)31/h1-2,6-9,11-13,16-18,22,32H,3-5H2,(H2,24,25)(H,34,35)(H,36,37)(H,26,27,33)/t9-,11-,12-,13?,16+,17-,18?,22-/m1/s1. The van der Waals surface area contributed by atoms with Gasteiger partial charge in [0.2, 0.25) is 0 Å². The van der Waals surface area contributed by atoms with Crippen LogP contribution in [0.5, 0.6) is 0 Å². The molecule has 2 saturated heterocycles. The molecule has 6 N–H and O–H groups in total. The molecule has 0 spiro atoms. The van der Waals surface area contributed by atoms with Gasteiger partial charge in [0.15, 0.2) is 23.0 Å². The first kappa shape index (κ1) is 29.5. The number of rotatable bonds is 2. The Morgan fingerprint density at radius 3 is 2.45 bits per heavy atom. The number of hydrogen-bond donors (Lipinski definition) is 5.